The minimum absolute atomic E-state index is 0.143. The minimum Gasteiger partial charge on any atom is -0.386 e. The van der Waals surface area contributed by atoms with Gasteiger partial charge in [0.25, 0.3) is 0 Å². The smallest absolute Gasteiger partial charge is 0.191 e. The van der Waals surface area contributed by atoms with E-state index in [-0.39, 0.29) is 12.3 Å². The van der Waals surface area contributed by atoms with Gasteiger partial charge >= 0.3 is 0 Å². The van der Waals surface area contributed by atoms with Crippen molar-refractivity contribution in [2.24, 2.45) is 4.99 Å². The monoisotopic (exact) mass is 383 g/mol. The lowest BCUT2D eigenvalue weighted by atomic mass is 10.2. The SMILES string of the molecule is CCNC(=NCC(O)c1cc2ccccc2s1)NCCCS(C)(=O)=O. The standard InChI is InChI=1S/C17H25N3O3S2/c1-3-18-17(19-9-6-10-25(2,22)23)20-12-14(21)16-11-13-7-4-5-8-15(13)24-16/h4-5,7-8,11,14,21H,3,6,9-10,12H2,1-2H3,(H2,18,19,20). The molecule has 0 fully saturated rings. The number of thiophene rings is 1. The van der Waals surface area contributed by atoms with E-state index >= 15 is 0 Å². The largest absolute Gasteiger partial charge is 0.386 e. The first-order valence-electron chi connectivity index (χ1n) is 8.25. The lowest BCUT2D eigenvalue weighted by Gasteiger charge is -2.12. The molecule has 1 unspecified atom stereocenters. The van der Waals surface area contributed by atoms with Crippen molar-refractivity contribution in [3.05, 3.63) is 35.2 Å². The number of nitrogens with zero attached hydrogens (tertiary/aromatic N) is 1. The number of hydrogen-bond acceptors (Lipinski definition) is 5. The molecule has 0 aliphatic carbocycles. The van der Waals surface area contributed by atoms with Gasteiger partial charge in [-0.15, -0.1) is 11.3 Å². The molecule has 3 N–H and O–H groups in total. The van der Waals surface area contributed by atoms with E-state index in [2.05, 4.69) is 15.6 Å². The Morgan fingerprint density at radius 3 is 2.76 bits per heavy atom. The normalized spacial score (nSPS) is 13.8. The fourth-order valence-corrected chi connectivity index (χ4v) is 4.03. The number of guanidine groups is 1. The fraction of sp³-hybridized carbons (Fsp3) is 0.471. The van der Waals surface area contributed by atoms with Gasteiger partial charge in [-0.05, 0) is 30.9 Å². The number of rotatable bonds is 8. The average Bonchev–Trinajstić information content (AvgIpc) is 2.99. The molecule has 2 rings (SSSR count). The van der Waals surface area contributed by atoms with Gasteiger partial charge in [-0.3, -0.25) is 4.99 Å². The summed E-state index contributed by atoms with van der Waals surface area (Å²) >= 11 is 1.57. The van der Waals surface area contributed by atoms with Crippen LogP contribution in [0.2, 0.25) is 0 Å². The lowest BCUT2D eigenvalue weighted by Crippen LogP contribution is -2.38. The molecule has 1 heterocycles. The first-order chi connectivity index (χ1) is 11.9. The molecule has 0 saturated carbocycles. The van der Waals surface area contributed by atoms with Crippen LogP contribution >= 0.6 is 11.3 Å². The second kappa shape index (κ2) is 9.17. The summed E-state index contributed by atoms with van der Waals surface area (Å²) in [4.78, 5) is 5.28. The molecule has 138 valence electrons. The maximum absolute atomic E-state index is 11.1. The van der Waals surface area contributed by atoms with Crippen LogP contribution in [0.1, 0.15) is 24.3 Å². The summed E-state index contributed by atoms with van der Waals surface area (Å²) in [5, 5.41) is 17.7. The number of fused-ring (bicyclic) bond motifs is 1. The van der Waals surface area contributed by atoms with E-state index in [0.717, 1.165) is 15.0 Å². The highest BCUT2D eigenvalue weighted by atomic mass is 32.2. The van der Waals surface area contributed by atoms with Gasteiger partial charge < -0.3 is 15.7 Å². The molecule has 0 saturated heterocycles. The molecule has 1 atom stereocenters. The second-order valence-corrected chi connectivity index (χ2v) is 9.21. The van der Waals surface area contributed by atoms with Crippen molar-refractivity contribution in [3.63, 3.8) is 0 Å². The van der Waals surface area contributed by atoms with E-state index in [4.69, 9.17) is 0 Å². The zero-order chi connectivity index (χ0) is 18.3. The molecule has 0 amide bonds. The van der Waals surface area contributed by atoms with E-state index in [1.807, 2.05) is 37.3 Å². The summed E-state index contributed by atoms with van der Waals surface area (Å²) < 4.78 is 23.4. The zero-order valence-electron chi connectivity index (χ0n) is 14.5. The summed E-state index contributed by atoms with van der Waals surface area (Å²) in [5.41, 5.74) is 0. The van der Waals surface area contributed by atoms with Crippen molar-refractivity contribution in [2.45, 2.75) is 19.4 Å². The molecule has 25 heavy (non-hydrogen) atoms. The van der Waals surface area contributed by atoms with Crippen LogP contribution in [-0.2, 0) is 9.84 Å². The van der Waals surface area contributed by atoms with Gasteiger partial charge in [-0.25, -0.2) is 8.42 Å². The Morgan fingerprint density at radius 1 is 1.32 bits per heavy atom. The van der Waals surface area contributed by atoms with Gasteiger partial charge in [0.2, 0.25) is 0 Å². The highest BCUT2D eigenvalue weighted by Gasteiger charge is 2.11. The summed E-state index contributed by atoms with van der Waals surface area (Å²) in [7, 11) is -2.95. The Balaban J connectivity index is 1.92. The number of sulfone groups is 1. The molecule has 6 nitrogen and oxygen atoms in total. The van der Waals surface area contributed by atoms with Crippen LogP contribution in [0.5, 0.6) is 0 Å². The van der Waals surface area contributed by atoms with Crippen LogP contribution in [0.15, 0.2) is 35.3 Å². The number of aliphatic imine (C=N–C) groups is 1. The number of benzene rings is 1. The molecule has 0 aliphatic heterocycles. The van der Waals surface area contributed by atoms with Crippen LogP contribution in [0.25, 0.3) is 10.1 Å². The van der Waals surface area contributed by atoms with E-state index in [1.54, 1.807) is 11.3 Å². The van der Waals surface area contributed by atoms with Crippen LogP contribution in [0.4, 0.5) is 0 Å². The maximum atomic E-state index is 11.1. The van der Waals surface area contributed by atoms with Gasteiger partial charge in [0, 0.05) is 28.9 Å². The molecular weight excluding hydrogens is 358 g/mol. The molecule has 0 radical (unpaired) electrons. The zero-order valence-corrected chi connectivity index (χ0v) is 16.2. The predicted octanol–water partition coefficient (Wildman–Crippen LogP) is 1.92. The summed E-state index contributed by atoms with van der Waals surface area (Å²) in [6, 6.07) is 10.0. The number of aliphatic hydroxyl groups is 1. The summed E-state index contributed by atoms with van der Waals surface area (Å²) in [6.07, 6.45) is 1.08. The van der Waals surface area contributed by atoms with E-state index in [9.17, 15) is 13.5 Å². The Hall–Kier alpha value is -1.64. The average molecular weight is 384 g/mol. The van der Waals surface area contributed by atoms with Crippen molar-refractivity contribution in [1.82, 2.24) is 10.6 Å². The number of hydrogen-bond donors (Lipinski definition) is 3. The summed E-state index contributed by atoms with van der Waals surface area (Å²) in [5.74, 6) is 0.722. The molecule has 0 bridgehead atoms. The molecule has 1 aromatic carbocycles. The molecule has 0 aliphatic rings. The Bertz CT molecular complexity index is 782. The summed E-state index contributed by atoms with van der Waals surface area (Å²) in [6.45, 7) is 3.40. The Morgan fingerprint density at radius 2 is 2.08 bits per heavy atom. The van der Waals surface area contributed by atoms with Crippen molar-refractivity contribution in [1.29, 1.82) is 0 Å². The van der Waals surface area contributed by atoms with Gasteiger partial charge in [0.1, 0.15) is 15.9 Å². The molecule has 1 aromatic heterocycles. The van der Waals surface area contributed by atoms with Gasteiger partial charge in [-0.1, -0.05) is 18.2 Å². The molecule has 8 heteroatoms. The minimum atomic E-state index is -2.95. The van der Waals surface area contributed by atoms with Crippen molar-refractivity contribution in [3.8, 4) is 0 Å². The second-order valence-electron chi connectivity index (χ2n) is 5.83. The highest BCUT2D eigenvalue weighted by molar-refractivity contribution is 7.90. The van der Waals surface area contributed by atoms with Crippen molar-refractivity contribution in [2.75, 3.05) is 31.6 Å². The van der Waals surface area contributed by atoms with Crippen LogP contribution < -0.4 is 10.6 Å². The fourth-order valence-electron chi connectivity index (χ4n) is 2.32. The van der Waals surface area contributed by atoms with Crippen LogP contribution in [0.3, 0.4) is 0 Å². The third-order valence-corrected chi connectivity index (χ3v) is 5.77. The topological polar surface area (TPSA) is 90.8 Å². The first-order valence-corrected chi connectivity index (χ1v) is 11.1. The molecule has 0 spiro atoms. The van der Waals surface area contributed by atoms with E-state index in [0.29, 0.717) is 25.5 Å². The number of aliphatic hydroxyl groups excluding tert-OH is 1. The third kappa shape index (κ3) is 6.64. The maximum Gasteiger partial charge on any atom is 0.191 e. The highest BCUT2D eigenvalue weighted by Crippen LogP contribution is 2.29. The van der Waals surface area contributed by atoms with Gasteiger partial charge in [0.15, 0.2) is 5.96 Å². The van der Waals surface area contributed by atoms with E-state index < -0.39 is 15.9 Å². The van der Waals surface area contributed by atoms with Crippen LogP contribution in [-0.4, -0.2) is 51.1 Å². The third-order valence-electron chi connectivity index (χ3n) is 3.52. The quantitative estimate of drug-likeness (QED) is 0.368. The first kappa shape index (κ1) is 19.7. The van der Waals surface area contributed by atoms with Gasteiger partial charge in [0.05, 0.1) is 12.3 Å². The number of nitrogens with one attached hydrogen (secondary N) is 2. The van der Waals surface area contributed by atoms with Crippen molar-refractivity contribution >= 4 is 37.2 Å². The van der Waals surface area contributed by atoms with Crippen molar-refractivity contribution < 1.29 is 13.5 Å². The lowest BCUT2D eigenvalue weighted by molar-refractivity contribution is 0.191. The Labute approximate surface area is 152 Å². The predicted molar refractivity (Wildman–Crippen MR) is 105 cm³/mol. The van der Waals surface area contributed by atoms with E-state index in [1.165, 1.54) is 6.26 Å². The van der Waals surface area contributed by atoms with Crippen LogP contribution in [0, 0.1) is 0 Å². The molecular formula is C17H25N3O3S2. The Kier molecular flexibility index (Phi) is 7.22. The van der Waals surface area contributed by atoms with Gasteiger partial charge in [-0.2, -0.15) is 0 Å². The molecule has 2 aromatic rings.